The first-order chi connectivity index (χ1) is 12.7. The van der Waals surface area contributed by atoms with Crippen LogP contribution in [0.1, 0.15) is 47.8 Å². The van der Waals surface area contributed by atoms with Gasteiger partial charge in [-0.25, -0.2) is 4.79 Å². The molecule has 3 heterocycles. The second-order valence-corrected chi connectivity index (χ2v) is 7.41. The van der Waals surface area contributed by atoms with E-state index in [1.807, 2.05) is 23.5 Å². The summed E-state index contributed by atoms with van der Waals surface area (Å²) in [6, 6.07) is 11.4. The van der Waals surface area contributed by atoms with E-state index in [1.165, 1.54) is 47.7 Å². The van der Waals surface area contributed by atoms with Crippen LogP contribution in [-0.2, 0) is 6.42 Å². The van der Waals surface area contributed by atoms with Gasteiger partial charge in [-0.3, -0.25) is 9.97 Å². The van der Waals surface area contributed by atoms with Gasteiger partial charge in [-0.15, -0.1) is 11.3 Å². The van der Waals surface area contributed by atoms with Crippen LogP contribution < -0.4 is 0 Å². The molecular formula is C21H22N2O2S. The normalized spacial score (nSPS) is 10.8. The Morgan fingerprint density at radius 1 is 1.00 bits per heavy atom. The molecule has 3 aromatic heterocycles. The number of nitrogens with zero attached hydrogens (tertiary/aromatic N) is 2. The monoisotopic (exact) mass is 366 g/mol. The maximum absolute atomic E-state index is 11.2. The molecule has 0 saturated heterocycles. The predicted octanol–water partition coefficient (Wildman–Crippen LogP) is 5.69. The number of carbonyl (C=O) groups is 1. The van der Waals surface area contributed by atoms with Gasteiger partial charge >= 0.3 is 5.97 Å². The lowest BCUT2D eigenvalue weighted by Crippen LogP contribution is -1.97. The standard InChI is InChI=1S/C21H22N2O2S/c1-2-3-4-5-6-17-7-8-20(26-17)15-9-11-22-18(13-15)19-14-16(21(24)25)10-12-23-19/h7-14H,2-6H2,1H3,(H,24,25). The van der Waals surface area contributed by atoms with Gasteiger partial charge in [0.05, 0.1) is 17.0 Å². The van der Waals surface area contributed by atoms with E-state index in [4.69, 9.17) is 5.11 Å². The summed E-state index contributed by atoms with van der Waals surface area (Å²) in [6.45, 7) is 2.23. The highest BCUT2D eigenvalue weighted by atomic mass is 32.1. The fourth-order valence-corrected chi connectivity index (χ4v) is 3.87. The lowest BCUT2D eigenvalue weighted by molar-refractivity contribution is 0.0697. The molecule has 3 rings (SSSR count). The maximum atomic E-state index is 11.2. The topological polar surface area (TPSA) is 63.1 Å². The van der Waals surface area contributed by atoms with Crippen LogP contribution in [0.4, 0.5) is 0 Å². The third-order valence-corrected chi connectivity index (χ3v) is 5.45. The molecule has 0 unspecified atom stereocenters. The van der Waals surface area contributed by atoms with E-state index < -0.39 is 5.97 Å². The first-order valence-electron chi connectivity index (χ1n) is 8.92. The molecular weight excluding hydrogens is 344 g/mol. The molecule has 26 heavy (non-hydrogen) atoms. The Labute approximate surface area is 157 Å². The summed E-state index contributed by atoms with van der Waals surface area (Å²) in [5.41, 5.74) is 2.56. The van der Waals surface area contributed by atoms with Crippen molar-refractivity contribution in [2.24, 2.45) is 0 Å². The maximum Gasteiger partial charge on any atom is 0.335 e. The Hall–Kier alpha value is -2.53. The van der Waals surface area contributed by atoms with Gasteiger partial charge in [0.1, 0.15) is 0 Å². The minimum atomic E-state index is -0.962. The zero-order valence-electron chi connectivity index (χ0n) is 14.8. The van der Waals surface area contributed by atoms with Gasteiger partial charge in [-0.2, -0.15) is 0 Å². The number of hydrogen-bond donors (Lipinski definition) is 1. The van der Waals surface area contributed by atoms with Crippen LogP contribution in [-0.4, -0.2) is 21.0 Å². The quantitative estimate of drug-likeness (QED) is 0.520. The molecule has 0 radical (unpaired) electrons. The summed E-state index contributed by atoms with van der Waals surface area (Å²) in [4.78, 5) is 22.4. The molecule has 0 atom stereocenters. The number of carboxylic acid groups (broad SMARTS) is 1. The van der Waals surface area contributed by atoms with Crippen LogP contribution in [0.15, 0.2) is 48.8 Å². The van der Waals surface area contributed by atoms with Crippen molar-refractivity contribution in [1.82, 2.24) is 9.97 Å². The summed E-state index contributed by atoms with van der Waals surface area (Å²) in [5, 5.41) is 9.15. The Bertz CT molecular complexity index is 889. The SMILES string of the molecule is CCCCCCc1ccc(-c2ccnc(-c3cc(C(=O)O)ccn3)c2)s1. The minimum absolute atomic E-state index is 0.215. The van der Waals surface area contributed by atoms with Crippen molar-refractivity contribution in [2.75, 3.05) is 0 Å². The molecule has 0 bridgehead atoms. The Morgan fingerprint density at radius 2 is 1.77 bits per heavy atom. The summed E-state index contributed by atoms with van der Waals surface area (Å²) >= 11 is 1.81. The molecule has 0 aromatic carbocycles. The van der Waals surface area contributed by atoms with Crippen molar-refractivity contribution < 1.29 is 9.90 Å². The molecule has 4 nitrogen and oxygen atoms in total. The number of hydrogen-bond acceptors (Lipinski definition) is 4. The van der Waals surface area contributed by atoms with E-state index in [0.717, 1.165) is 12.0 Å². The third kappa shape index (κ3) is 4.55. The van der Waals surface area contributed by atoms with Gasteiger partial charge < -0.3 is 5.11 Å². The predicted molar refractivity (Wildman–Crippen MR) is 106 cm³/mol. The van der Waals surface area contributed by atoms with Gasteiger partial charge in [0, 0.05) is 22.1 Å². The molecule has 0 amide bonds. The number of aryl methyl sites for hydroxylation is 1. The highest BCUT2D eigenvalue weighted by Gasteiger charge is 2.09. The van der Waals surface area contributed by atoms with Crippen molar-refractivity contribution in [3.8, 4) is 21.8 Å². The van der Waals surface area contributed by atoms with Crippen LogP contribution in [0.2, 0.25) is 0 Å². The molecule has 3 aromatic rings. The molecule has 1 N–H and O–H groups in total. The molecule has 0 aliphatic carbocycles. The van der Waals surface area contributed by atoms with E-state index in [-0.39, 0.29) is 5.56 Å². The first kappa shape index (κ1) is 18.3. The Morgan fingerprint density at radius 3 is 2.54 bits per heavy atom. The van der Waals surface area contributed by atoms with Crippen molar-refractivity contribution in [3.63, 3.8) is 0 Å². The average molecular weight is 366 g/mol. The van der Waals surface area contributed by atoms with E-state index in [0.29, 0.717) is 11.4 Å². The second-order valence-electron chi connectivity index (χ2n) is 6.24. The number of unbranched alkanes of at least 4 members (excludes halogenated alkanes) is 3. The van der Waals surface area contributed by atoms with Gasteiger partial charge in [-0.1, -0.05) is 26.2 Å². The van der Waals surface area contributed by atoms with Crippen LogP contribution in [0.5, 0.6) is 0 Å². The smallest absolute Gasteiger partial charge is 0.335 e. The summed E-state index contributed by atoms with van der Waals surface area (Å²) < 4.78 is 0. The zero-order valence-corrected chi connectivity index (χ0v) is 15.6. The van der Waals surface area contributed by atoms with Crippen LogP contribution >= 0.6 is 11.3 Å². The molecule has 134 valence electrons. The zero-order chi connectivity index (χ0) is 18.4. The van der Waals surface area contributed by atoms with Crippen LogP contribution in [0, 0.1) is 0 Å². The van der Waals surface area contributed by atoms with E-state index in [9.17, 15) is 4.79 Å². The largest absolute Gasteiger partial charge is 0.478 e. The molecule has 0 aliphatic heterocycles. The van der Waals surface area contributed by atoms with E-state index >= 15 is 0 Å². The number of aromatic carboxylic acids is 1. The molecule has 0 saturated carbocycles. The number of thiophene rings is 1. The van der Waals surface area contributed by atoms with Gasteiger partial charge in [-0.05, 0) is 54.8 Å². The van der Waals surface area contributed by atoms with Crippen molar-refractivity contribution in [3.05, 3.63) is 59.2 Å². The van der Waals surface area contributed by atoms with Gasteiger partial charge in [0.15, 0.2) is 0 Å². The number of carboxylic acids is 1. The summed E-state index contributed by atoms with van der Waals surface area (Å²) in [7, 11) is 0. The summed E-state index contributed by atoms with van der Waals surface area (Å²) in [6.07, 6.45) is 9.47. The summed E-state index contributed by atoms with van der Waals surface area (Å²) in [5.74, 6) is -0.962. The highest BCUT2D eigenvalue weighted by molar-refractivity contribution is 7.15. The van der Waals surface area contributed by atoms with Crippen LogP contribution in [0.3, 0.4) is 0 Å². The lowest BCUT2D eigenvalue weighted by Gasteiger charge is -2.04. The molecule has 0 spiro atoms. The minimum Gasteiger partial charge on any atom is -0.478 e. The Kier molecular flexibility index (Phi) is 6.12. The fraction of sp³-hybridized carbons (Fsp3) is 0.286. The van der Waals surface area contributed by atoms with Gasteiger partial charge in [0.25, 0.3) is 0 Å². The third-order valence-electron chi connectivity index (χ3n) is 4.25. The molecule has 0 fully saturated rings. The van der Waals surface area contributed by atoms with Crippen molar-refractivity contribution in [2.45, 2.75) is 39.0 Å². The van der Waals surface area contributed by atoms with E-state index in [1.54, 1.807) is 12.3 Å². The first-order valence-corrected chi connectivity index (χ1v) is 9.74. The molecule has 5 heteroatoms. The van der Waals surface area contributed by atoms with Crippen molar-refractivity contribution >= 4 is 17.3 Å². The average Bonchev–Trinajstić information content (AvgIpc) is 3.14. The highest BCUT2D eigenvalue weighted by Crippen LogP contribution is 2.31. The van der Waals surface area contributed by atoms with Gasteiger partial charge in [0.2, 0.25) is 0 Å². The lowest BCUT2D eigenvalue weighted by atomic mass is 10.1. The fourth-order valence-electron chi connectivity index (χ4n) is 2.82. The second kappa shape index (κ2) is 8.72. The van der Waals surface area contributed by atoms with E-state index in [2.05, 4.69) is 29.0 Å². The van der Waals surface area contributed by atoms with Crippen LogP contribution in [0.25, 0.3) is 21.8 Å². The number of aromatic nitrogens is 2. The van der Waals surface area contributed by atoms with Crippen molar-refractivity contribution in [1.29, 1.82) is 0 Å². The number of pyridine rings is 2. The number of rotatable bonds is 8. The Balaban J connectivity index is 1.78. The molecule has 0 aliphatic rings.